The molecule has 0 saturated heterocycles. The van der Waals surface area contributed by atoms with Gasteiger partial charge < -0.3 is 5.11 Å². The van der Waals surface area contributed by atoms with E-state index in [0.29, 0.717) is 11.3 Å². The fraction of sp³-hybridized carbons (Fsp3) is 0.0714. The van der Waals surface area contributed by atoms with E-state index in [2.05, 4.69) is 4.72 Å². The van der Waals surface area contributed by atoms with Crippen LogP contribution in [0.15, 0.2) is 47.4 Å². The summed E-state index contributed by atoms with van der Waals surface area (Å²) in [4.78, 5) is -0.179. The van der Waals surface area contributed by atoms with E-state index in [1.807, 2.05) is 6.07 Å². The molecule has 2 aromatic carbocycles. The van der Waals surface area contributed by atoms with Crippen molar-refractivity contribution in [2.75, 3.05) is 4.72 Å². The van der Waals surface area contributed by atoms with Crippen molar-refractivity contribution in [1.29, 1.82) is 5.26 Å². The maximum Gasteiger partial charge on any atom is 0.265 e. The zero-order valence-electron chi connectivity index (χ0n) is 10.7. The fourth-order valence-electron chi connectivity index (χ4n) is 1.66. The molecule has 0 saturated carbocycles. The average Bonchev–Trinajstić information content (AvgIpc) is 2.42. The number of nitrogens with one attached hydrogen (secondary N) is 1. The van der Waals surface area contributed by atoms with Crippen LogP contribution in [0.1, 0.15) is 11.1 Å². The number of sulfonamides is 1. The Morgan fingerprint density at radius 1 is 1.15 bits per heavy atom. The van der Waals surface area contributed by atoms with Gasteiger partial charge >= 0.3 is 0 Å². The molecule has 0 radical (unpaired) electrons. The lowest BCUT2D eigenvalue weighted by Gasteiger charge is -2.10. The number of hydrogen-bond donors (Lipinski definition) is 2. The van der Waals surface area contributed by atoms with E-state index in [1.54, 1.807) is 13.0 Å². The molecule has 0 heterocycles. The van der Waals surface area contributed by atoms with Crippen LogP contribution >= 0.6 is 0 Å². The third kappa shape index (κ3) is 2.90. The smallest absolute Gasteiger partial charge is 0.265 e. The molecule has 0 aliphatic heterocycles. The number of nitriles is 1. The van der Waals surface area contributed by atoms with Crippen LogP contribution in [0, 0.1) is 18.3 Å². The summed E-state index contributed by atoms with van der Waals surface area (Å²) in [5.41, 5.74) is 1.49. The predicted octanol–water partition coefficient (Wildman–Crippen LogP) is 2.37. The van der Waals surface area contributed by atoms with Gasteiger partial charge in [-0.25, -0.2) is 8.42 Å². The Morgan fingerprint density at radius 2 is 1.80 bits per heavy atom. The summed E-state index contributed by atoms with van der Waals surface area (Å²) in [5, 5.41) is 18.4. The molecule has 0 spiro atoms. The lowest BCUT2D eigenvalue weighted by Crippen LogP contribution is -2.13. The number of anilines is 1. The average molecular weight is 288 g/mol. The quantitative estimate of drug-likeness (QED) is 0.907. The number of rotatable bonds is 3. The number of benzene rings is 2. The molecular formula is C14H12N2O3S. The molecule has 2 aromatic rings. The summed E-state index contributed by atoms with van der Waals surface area (Å²) < 4.78 is 26.7. The molecule has 0 bridgehead atoms. The molecule has 6 heteroatoms. The second-order valence-electron chi connectivity index (χ2n) is 4.27. The summed E-state index contributed by atoms with van der Waals surface area (Å²) in [6, 6.07) is 12.3. The largest absolute Gasteiger partial charge is 0.507 e. The Hall–Kier alpha value is -2.52. The fourth-order valence-corrected chi connectivity index (χ4v) is 2.90. The molecule has 0 aromatic heterocycles. The van der Waals surface area contributed by atoms with Crippen LogP contribution in [0.2, 0.25) is 0 Å². The van der Waals surface area contributed by atoms with Crippen molar-refractivity contribution < 1.29 is 13.5 Å². The first-order valence-electron chi connectivity index (χ1n) is 5.75. The number of nitrogens with zero attached hydrogens (tertiary/aromatic N) is 1. The van der Waals surface area contributed by atoms with Crippen LogP contribution in [-0.4, -0.2) is 13.5 Å². The van der Waals surface area contributed by atoms with Gasteiger partial charge in [0.2, 0.25) is 0 Å². The molecule has 0 unspecified atom stereocenters. The Labute approximate surface area is 117 Å². The highest BCUT2D eigenvalue weighted by molar-refractivity contribution is 7.92. The van der Waals surface area contributed by atoms with Crippen LogP contribution < -0.4 is 4.72 Å². The van der Waals surface area contributed by atoms with Crippen LogP contribution in [0.4, 0.5) is 5.69 Å². The summed E-state index contributed by atoms with van der Waals surface area (Å²) in [7, 11) is -3.87. The molecule has 0 amide bonds. The van der Waals surface area contributed by atoms with E-state index in [9.17, 15) is 13.5 Å². The highest BCUT2D eigenvalue weighted by Crippen LogP contribution is 2.25. The van der Waals surface area contributed by atoms with Crippen molar-refractivity contribution >= 4 is 15.7 Å². The Morgan fingerprint density at radius 3 is 2.40 bits per heavy atom. The second-order valence-corrected chi connectivity index (χ2v) is 5.92. The number of aromatic hydroxyl groups is 1. The van der Waals surface area contributed by atoms with Crippen molar-refractivity contribution in [2.24, 2.45) is 0 Å². The molecule has 20 heavy (non-hydrogen) atoms. The number of phenols is 1. The topological polar surface area (TPSA) is 90.2 Å². The first-order chi connectivity index (χ1) is 9.42. The van der Waals surface area contributed by atoms with E-state index in [0.717, 1.165) is 5.56 Å². The molecular weight excluding hydrogens is 276 g/mol. The van der Waals surface area contributed by atoms with Crippen LogP contribution in [0.25, 0.3) is 0 Å². The van der Waals surface area contributed by atoms with Gasteiger partial charge in [0, 0.05) is 5.69 Å². The summed E-state index contributed by atoms with van der Waals surface area (Å²) in [5.74, 6) is -0.309. The maximum atomic E-state index is 12.2. The zero-order valence-corrected chi connectivity index (χ0v) is 11.5. The van der Waals surface area contributed by atoms with E-state index in [-0.39, 0.29) is 10.6 Å². The van der Waals surface area contributed by atoms with E-state index < -0.39 is 10.0 Å². The van der Waals surface area contributed by atoms with Crippen molar-refractivity contribution in [3.8, 4) is 11.8 Å². The first kappa shape index (κ1) is 13.9. The monoisotopic (exact) mass is 288 g/mol. The van der Waals surface area contributed by atoms with Gasteiger partial charge in [-0.1, -0.05) is 6.07 Å². The lowest BCUT2D eigenvalue weighted by atomic mass is 10.2. The van der Waals surface area contributed by atoms with Crippen molar-refractivity contribution in [2.45, 2.75) is 11.8 Å². The lowest BCUT2D eigenvalue weighted by molar-refractivity contribution is 0.459. The molecule has 2 rings (SSSR count). The first-order valence-corrected chi connectivity index (χ1v) is 7.23. The van der Waals surface area contributed by atoms with Gasteiger partial charge in [-0.05, 0) is 48.9 Å². The predicted molar refractivity (Wildman–Crippen MR) is 74.8 cm³/mol. The van der Waals surface area contributed by atoms with Gasteiger partial charge in [0.1, 0.15) is 10.6 Å². The molecule has 0 fully saturated rings. The Kier molecular flexibility index (Phi) is 3.63. The van der Waals surface area contributed by atoms with E-state index in [4.69, 9.17) is 5.26 Å². The Balaban J connectivity index is 2.35. The molecule has 0 atom stereocenters. The minimum atomic E-state index is -3.87. The van der Waals surface area contributed by atoms with Crippen molar-refractivity contribution in [3.63, 3.8) is 0 Å². The minimum Gasteiger partial charge on any atom is -0.507 e. The minimum absolute atomic E-state index is 0.179. The molecule has 0 aliphatic carbocycles. The van der Waals surface area contributed by atoms with Crippen molar-refractivity contribution in [1.82, 2.24) is 0 Å². The SMILES string of the molecule is Cc1ccc(O)c(S(=O)(=O)Nc2ccc(C#N)cc2)c1. The van der Waals surface area contributed by atoms with E-state index in [1.165, 1.54) is 36.4 Å². The van der Waals surface area contributed by atoms with Crippen LogP contribution in [0.5, 0.6) is 5.75 Å². The van der Waals surface area contributed by atoms with Gasteiger partial charge in [-0.15, -0.1) is 0 Å². The van der Waals surface area contributed by atoms with Gasteiger partial charge in [0.15, 0.2) is 0 Å². The summed E-state index contributed by atoms with van der Waals surface area (Å²) >= 11 is 0. The number of hydrogen-bond acceptors (Lipinski definition) is 4. The second kappa shape index (κ2) is 5.23. The van der Waals surface area contributed by atoms with Crippen LogP contribution in [0.3, 0.4) is 0 Å². The van der Waals surface area contributed by atoms with E-state index >= 15 is 0 Å². The number of aryl methyl sites for hydroxylation is 1. The summed E-state index contributed by atoms with van der Waals surface area (Å²) in [6.45, 7) is 1.74. The van der Waals surface area contributed by atoms with Crippen molar-refractivity contribution in [3.05, 3.63) is 53.6 Å². The Bertz CT molecular complexity index is 775. The van der Waals surface area contributed by atoms with Gasteiger partial charge in [-0.3, -0.25) is 4.72 Å². The summed E-state index contributed by atoms with van der Waals surface area (Å²) in [6.07, 6.45) is 0. The highest BCUT2D eigenvalue weighted by atomic mass is 32.2. The van der Waals surface area contributed by atoms with Crippen LogP contribution in [-0.2, 0) is 10.0 Å². The van der Waals surface area contributed by atoms with Gasteiger partial charge in [0.25, 0.3) is 10.0 Å². The molecule has 0 aliphatic rings. The maximum absolute atomic E-state index is 12.2. The number of phenolic OH excluding ortho intramolecular Hbond substituents is 1. The zero-order chi connectivity index (χ0) is 14.8. The normalized spacial score (nSPS) is 10.8. The third-order valence-corrected chi connectivity index (χ3v) is 4.08. The molecule has 102 valence electrons. The standard InChI is InChI=1S/C14H12N2O3S/c1-10-2-7-13(17)14(8-10)20(18,19)16-12-5-3-11(9-15)4-6-12/h2-8,16-17H,1H3. The van der Waals surface area contributed by atoms with Gasteiger partial charge in [-0.2, -0.15) is 5.26 Å². The highest BCUT2D eigenvalue weighted by Gasteiger charge is 2.18. The molecule has 5 nitrogen and oxygen atoms in total. The van der Waals surface area contributed by atoms with Gasteiger partial charge in [0.05, 0.1) is 11.6 Å². The third-order valence-electron chi connectivity index (χ3n) is 2.67. The molecule has 2 N–H and O–H groups in total.